The Morgan fingerprint density at radius 1 is 1.00 bits per heavy atom. The average Bonchev–Trinajstić information content (AvgIpc) is 2.61. The number of benzene rings is 2. The monoisotopic (exact) mass is 340 g/mol. The van der Waals surface area contributed by atoms with Crippen LogP contribution in [0.5, 0.6) is 0 Å². The normalized spacial score (nSPS) is 11.4. The molecule has 3 N–H and O–H groups in total. The molecule has 0 saturated heterocycles. The Bertz CT molecular complexity index is 742. The Balaban J connectivity index is 1.90. The summed E-state index contributed by atoms with van der Waals surface area (Å²) >= 11 is 0. The van der Waals surface area contributed by atoms with Gasteiger partial charge in [-0.1, -0.05) is 37.3 Å². The van der Waals surface area contributed by atoms with Crippen LogP contribution in [0.15, 0.2) is 54.6 Å². The summed E-state index contributed by atoms with van der Waals surface area (Å²) in [6.07, 6.45) is 0.641. The van der Waals surface area contributed by atoms with E-state index >= 15 is 0 Å². The summed E-state index contributed by atoms with van der Waals surface area (Å²) in [7, 11) is 0. The summed E-state index contributed by atoms with van der Waals surface area (Å²) in [5.74, 6) is -1.88. The first-order chi connectivity index (χ1) is 12.0. The molecule has 0 radical (unpaired) electrons. The number of nitrogens with one attached hydrogen (secondary N) is 2. The van der Waals surface area contributed by atoms with Gasteiger partial charge in [0.15, 0.2) is 0 Å². The second-order valence-electron chi connectivity index (χ2n) is 5.73. The van der Waals surface area contributed by atoms with Gasteiger partial charge >= 0.3 is 5.97 Å². The summed E-state index contributed by atoms with van der Waals surface area (Å²) in [4.78, 5) is 34.4. The first-order valence-corrected chi connectivity index (χ1v) is 7.90. The summed E-state index contributed by atoms with van der Waals surface area (Å²) in [5, 5.41) is 13.6. The van der Waals surface area contributed by atoms with E-state index in [9.17, 15) is 14.4 Å². The topological polar surface area (TPSA) is 95.5 Å². The van der Waals surface area contributed by atoms with E-state index in [0.29, 0.717) is 17.7 Å². The molecule has 2 aromatic rings. The molecule has 0 spiro atoms. The fourth-order valence-electron chi connectivity index (χ4n) is 2.29. The molecule has 2 aromatic carbocycles. The maximum absolute atomic E-state index is 12.3. The molecule has 2 amide bonds. The Kier molecular flexibility index (Phi) is 6.28. The number of hydrogen-bond donors (Lipinski definition) is 3. The maximum Gasteiger partial charge on any atom is 0.322 e. The van der Waals surface area contributed by atoms with E-state index in [0.717, 1.165) is 5.56 Å². The molecule has 130 valence electrons. The van der Waals surface area contributed by atoms with Crippen LogP contribution in [-0.4, -0.2) is 29.4 Å². The zero-order valence-electron chi connectivity index (χ0n) is 13.9. The van der Waals surface area contributed by atoms with E-state index in [2.05, 4.69) is 10.6 Å². The lowest BCUT2D eigenvalue weighted by molar-refractivity contribution is -0.135. The van der Waals surface area contributed by atoms with Gasteiger partial charge in [-0.15, -0.1) is 0 Å². The summed E-state index contributed by atoms with van der Waals surface area (Å²) in [6, 6.07) is 16.1. The van der Waals surface area contributed by atoms with Crippen LogP contribution in [0.3, 0.4) is 0 Å². The van der Waals surface area contributed by atoms with Gasteiger partial charge in [-0.05, 0) is 36.2 Å². The van der Waals surface area contributed by atoms with Crippen molar-refractivity contribution in [3.8, 4) is 0 Å². The second-order valence-corrected chi connectivity index (χ2v) is 5.73. The van der Waals surface area contributed by atoms with Gasteiger partial charge in [0.05, 0.1) is 0 Å². The van der Waals surface area contributed by atoms with Crippen molar-refractivity contribution in [2.75, 3.05) is 11.9 Å². The number of carboxylic acids is 1. The Labute approximate surface area is 145 Å². The van der Waals surface area contributed by atoms with Crippen molar-refractivity contribution in [3.05, 3.63) is 65.7 Å². The highest BCUT2D eigenvalue weighted by Crippen LogP contribution is 2.14. The fraction of sp³-hybridized carbons (Fsp3) is 0.211. The molecule has 0 aliphatic rings. The standard InChI is InChI=1S/C19H20N2O4/c1-13(11-14-5-3-2-4-6-14)18(24)21-16-9-7-15(8-10-16)19(25)20-12-17(22)23/h2-10,13H,11-12H2,1H3,(H,20,25)(H,21,24)(H,22,23). The molecular formula is C19H20N2O4. The van der Waals surface area contributed by atoms with Crippen molar-refractivity contribution in [2.45, 2.75) is 13.3 Å². The Morgan fingerprint density at radius 2 is 1.64 bits per heavy atom. The summed E-state index contributed by atoms with van der Waals surface area (Å²) < 4.78 is 0. The van der Waals surface area contributed by atoms with E-state index in [1.807, 2.05) is 37.3 Å². The third-order valence-electron chi connectivity index (χ3n) is 3.65. The zero-order chi connectivity index (χ0) is 18.2. The highest BCUT2D eigenvalue weighted by molar-refractivity contribution is 5.97. The quantitative estimate of drug-likeness (QED) is 0.721. The molecule has 0 heterocycles. The lowest BCUT2D eigenvalue weighted by atomic mass is 10.0. The second kappa shape index (κ2) is 8.63. The first-order valence-electron chi connectivity index (χ1n) is 7.90. The van der Waals surface area contributed by atoms with Gasteiger partial charge in [0.2, 0.25) is 5.91 Å². The van der Waals surface area contributed by atoms with E-state index in [4.69, 9.17) is 5.11 Å². The largest absolute Gasteiger partial charge is 0.480 e. The molecule has 2 rings (SSSR count). The highest BCUT2D eigenvalue weighted by Gasteiger charge is 2.14. The number of amides is 2. The van der Waals surface area contributed by atoms with Gasteiger partial charge in [-0.3, -0.25) is 14.4 Å². The van der Waals surface area contributed by atoms with Crippen LogP contribution < -0.4 is 10.6 Å². The predicted octanol–water partition coefficient (Wildman–Crippen LogP) is 2.32. The lowest BCUT2D eigenvalue weighted by Crippen LogP contribution is -2.29. The number of aliphatic carboxylic acids is 1. The fourth-order valence-corrected chi connectivity index (χ4v) is 2.29. The number of carboxylic acid groups (broad SMARTS) is 1. The van der Waals surface area contributed by atoms with Crippen molar-refractivity contribution in [2.24, 2.45) is 5.92 Å². The number of hydrogen-bond acceptors (Lipinski definition) is 3. The van der Waals surface area contributed by atoms with Crippen molar-refractivity contribution >= 4 is 23.5 Å². The van der Waals surface area contributed by atoms with Crippen LogP contribution in [-0.2, 0) is 16.0 Å². The summed E-state index contributed by atoms with van der Waals surface area (Å²) in [6.45, 7) is 1.42. The molecule has 25 heavy (non-hydrogen) atoms. The maximum atomic E-state index is 12.3. The van der Waals surface area contributed by atoms with Crippen molar-refractivity contribution in [3.63, 3.8) is 0 Å². The molecule has 0 fully saturated rings. The number of carbonyl (C=O) groups excluding carboxylic acids is 2. The Morgan fingerprint density at radius 3 is 2.24 bits per heavy atom. The van der Waals surface area contributed by atoms with Crippen LogP contribution in [0.25, 0.3) is 0 Å². The van der Waals surface area contributed by atoms with E-state index in [1.165, 1.54) is 12.1 Å². The molecule has 1 atom stereocenters. The van der Waals surface area contributed by atoms with Gasteiger partial charge in [-0.25, -0.2) is 0 Å². The minimum atomic E-state index is -1.11. The van der Waals surface area contributed by atoms with Crippen molar-refractivity contribution in [1.29, 1.82) is 0 Å². The SMILES string of the molecule is CC(Cc1ccccc1)C(=O)Nc1ccc(C(=O)NCC(=O)O)cc1. The smallest absolute Gasteiger partial charge is 0.322 e. The number of rotatable bonds is 7. The van der Waals surface area contributed by atoms with Gasteiger partial charge in [0.25, 0.3) is 5.91 Å². The molecule has 0 aliphatic heterocycles. The lowest BCUT2D eigenvalue weighted by Gasteiger charge is -2.12. The molecule has 6 nitrogen and oxygen atoms in total. The zero-order valence-corrected chi connectivity index (χ0v) is 13.9. The number of carbonyl (C=O) groups is 3. The van der Waals surface area contributed by atoms with Gasteiger partial charge < -0.3 is 15.7 Å². The predicted molar refractivity (Wildman–Crippen MR) is 94.4 cm³/mol. The van der Waals surface area contributed by atoms with Crippen LogP contribution >= 0.6 is 0 Å². The molecular weight excluding hydrogens is 320 g/mol. The molecule has 0 bridgehead atoms. The van der Waals surface area contributed by atoms with Crippen molar-refractivity contribution in [1.82, 2.24) is 5.32 Å². The molecule has 0 saturated carbocycles. The molecule has 6 heteroatoms. The average molecular weight is 340 g/mol. The summed E-state index contributed by atoms with van der Waals surface area (Å²) in [5.41, 5.74) is 2.01. The minimum absolute atomic E-state index is 0.105. The first kappa shape index (κ1) is 18.2. The van der Waals surface area contributed by atoms with Crippen LogP contribution in [0.2, 0.25) is 0 Å². The van der Waals surface area contributed by atoms with Gasteiger partial charge in [0.1, 0.15) is 6.54 Å². The van der Waals surface area contributed by atoms with Crippen LogP contribution in [0, 0.1) is 5.92 Å². The molecule has 0 aromatic heterocycles. The Hall–Kier alpha value is -3.15. The van der Waals surface area contributed by atoms with Crippen molar-refractivity contribution < 1.29 is 19.5 Å². The van der Waals surface area contributed by atoms with E-state index < -0.39 is 18.4 Å². The van der Waals surface area contributed by atoms with Gasteiger partial charge in [0, 0.05) is 17.2 Å². The van der Waals surface area contributed by atoms with E-state index in [1.54, 1.807) is 12.1 Å². The third kappa shape index (κ3) is 5.76. The van der Waals surface area contributed by atoms with Gasteiger partial charge in [-0.2, -0.15) is 0 Å². The van der Waals surface area contributed by atoms with Crippen LogP contribution in [0.4, 0.5) is 5.69 Å². The third-order valence-corrected chi connectivity index (χ3v) is 3.65. The number of anilines is 1. The van der Waals surface area contributed by atoms with E-state index in [-0.39, 0.29) is 11.8 Å². The highest BCUT2D eigenvalue weighted by atomic mass is 16.4. The molecule has 0 aliphatic carbocycles. The minimum Gasteiger partial charge on any atom is -0.480 e. The molecule has 1 unspecified atom stereocenters. The van der Waals surface area contributed by atoms with Crippen LogP contribution in [0.1, 0.15) is 22.8 Å².